The van der Waals surface area contributed by atoms with Crippen LogP contribution in [0, 0.1) is 11.3 Å². The van der Waals surface area contributed by atoms with Crippen LogP contribution in [0.5, 0.6) is 0 Å². The minimum absolute atomic E-state index is 0. The van der Waals surface area contributed by atoms with Gasteiger partial charge >= 0.3 is 0 Å². The van der Waals surface area contributed by atoms with Gasteiger partial charge in [-0.15, -0.1) is 12.4 Å². The molecular formula is C14H27ClN2O2. The van der Waals surface area contributed by atoms with Crippen molar-refractivity contribution in [2.45, 2.75) is 38.5 Å². The average molecular weight is 291 g/mol. The Bertz CT molecular complexity index is 291. The van der Waals surface area contributed by atoms with E-state index < -0.39 is 0 Å². The molecule has 1 aliphatic heterocycles. The Morgan fingerprint density at radius 1 is 1.37 bits per heavy atom. The molecule has 2 aliphatic rings. The van der Waals surface area contributed by atoms with E-state index in [2.05, 4.69) is 0 Å². The molecule has 2 fully saturated rings. The molecule has 0 bridgehead atoms. The second-order valence-corrected chi connectivity index (χ2v) is 5.91. The Morgan fingerprint density at radius 3 is 2.63 bits per heavy atom. The van der Waals surface area contributed by atoms with Crippen molar-refractivity contribution in [3.8, 4) is 0 Å². The second-order valence-electron chi connectivity index (χ2n) is 5.91. The van der Waals surface area contributed by atoms with E-state index in [1.54, 1.807) is 7.11 Å². The summed E-state index contributed by atoms with van der Waals surface area (Å²) < 4.78 is 5.22. The van der Waals surface area contributed by atoms with Crippen molar-refractivity contribution in [1.29, 1.82) is 0 Å². The molecule has 0 spiro atoms. The third-order valence-corrected chi connectivity index (χ3v) is 4.61. The molecule has 1 aliphatic carbocycles. The molecule has 112 valence electrons. The van der Waals surface area contributed by atoms with Crippen molar-refractivity contribution in [3.05, 3.63) is 0 Å². The van der Waals surface area contributed by atoms with Gasteiger partial charge in [0, 0.05) is 26.7 Å². The van der Waals surface area contributed by atoms with Crippen LogP contribution >= 0.6 is 12.4 Å². The zero-order chi connectivity index (χ0) is 13.0. The van der Waals surface area contributed by atoms with Crippen LogP contribution in [0.25, 0.3) is 0 Å². The average Bonchev–Trinajstić information content (AvgIpc) is 2.88. The lowest BCUT2D eigenvalue weighted by atomic mass is 9.83. The van der Waals surface area contributed by atoms with Crippen LogP contribution in [0.2, 0.25) is 0 Å². The Kier molecular flexibility index (Phi) is 6.57. The first-order valence-electron chi connectivity index (χ1n) is 7.20. The SMILES string of the molecule is COCC1CCCN(C(=O)C2(CN)CCCC2)C1.Cl. The number of methoxy groups -OCH3 is 1. The number of likely N-dealkylation sites (tertiary alicyclic amines) is 1. The summed E-state index contributed by atoms with van der Waals surface area (Å²) in [6, 6.07) is 0. The lowest BCUT2D eigenvalue weighted by Crippen LogP contribution is -2.50. The summed E-state index contributed by atoms with van der Waals surface area (Å²) in [5, 5.41) is 0. The summed E-state index contributed by atoms with van der Waals surface area (Å²) in [6.45, 7) is 3.03. The van der Waals surface area contributed by atoms with E-state index >= 15 is 0 Å². The van der Waals surface area contributed by atoms with Crippen molar-refractivity contribution in [1.82, 2.24) is 4.90 Å². The molecule has 1 atom stereocenters. The first-order chi connectivity index (χ1) is 8.72. The van der Waals surface area contributed by atoms with Crippen LogP contribution in [-0.2, 0) is 9.53 Å². The fourth-order valence-corrected chi connectivity index (χ4v) is 3.51. The van der Waals surface area contributed by atoms with E-state index in [0.717, 1.165) is 51.8 Å². The molecule has 2 rings (SSSR count). The van der Waals surface area contributed by atoms with Crippen LogP contribution in [0.1, 0.15) is 38.5 Å². The minimum Gasteiger partial charge on any atom is -0.384 e. The molecule has 1 saturated carbocycles. The standard InChI is InChI=1S/C14H26N2O2.ClH/c1-18-10-12-5-4-8-16(9-12)13(17)14(11-15)6-2-3-7-14;/h12H,2-11,15H2,1H3;1H. The summed E-state index contributed by atoms with van der Waals surface area (Å²) in [4.78, 5) is 14.8. The molecule has 4 nitrogen and oxygen atoms in total. The topological polar surface area (TPSA) is 55.6 Å². The van der Waals surface area contributed by atoms with E-state index in [1.165, 1.54) is 6.42 Å². The van der Waals surface area contributed by atoms with Crippen molar-refractivity contribution in [3.63, 3.8) is 0 Å². The lowest BCUT2D eigenvalue weighted by Gasteiger charge is -2.38. The summed E-state index contributed by atoms with van der Waals surface area (Å²) in [6.07, 6.45) is 6.53. The van der Waals surface area contributed by atoms with Gasteiger partial charge in [0.2, 0.25) is 5.91 Å². The van der Waals surface area contributed by atoms with Gasteiger partial charge in [0.15, 0.2) is 0 Å². The minimum atomic E-state index is -0.241. The van der Waals surface area contributed by atoms with E-state index in [9.17, 15) is 4.79 Å². The number of carbonyl (C=O) groups is 1. The first-order valence-corrected chi connectivity index (χ1v) is 7.20. The Balaban J connectivity index is 0.00000180. The highest BCUT2D eigenvalue weighted by Gasteiger charge is 2.43. The molecule has 0 radical (unpaired) electrons. The molecule has 0 aromatic carbocycles. The van der Waals surface area contributed by atoms with E-state index in [0.29, 0.717) is 18.4 Å². The van der Waals surface area contributed by atoms with Crippen molar-refractivity contribution >= 4 is 18.3 Å². The number of rotatable bonds is 4. The third-order valence-electron chi connectivity index (χ3n) is 4.61. The highest BCUT2D eigenvalue weighted by Crippen LogP contribution is 2.39. The van der Waals surface area contributed by atoms with Crippen LogP contribution in [-0.4, -0.2) is 44.2 Å². The summed E-state index contributed by atoms with van der Waals surface area (Å²) in [7, 11) is 1.74. The molecule has 5 heteroatoms. The highest BCUT2D eigenvalue weighted by atomic mass is 35.5. The quantitative estimate of drug-likeness (QED) is 0.859. The molecule has 1 unspecified atom stereocenters. The molecule has 2 N–H and O–H groups in total. The number of nitrogens with two attached hydrogens (primary N) is 1. The van der Waals surface area contributed by atoms with Crippen LogP contribution in [0.4, 0.5) is 0 Å². The number of nitrogens with zero attached hydrogens (tertiary/aromatic N) is 1. The lowest BCUT2D eigenvalue weighted by molar-refractivity contribution is -0.143. The number of amides is 1. The number of hydrogen-bond donors (Lipinski definition) is 1. The van der Waals surface area contributed by atoms with Gasteiger partial charge in [-0.25, -0.2) is 0 Å². The van der Waals surface area contributed by atoms with Gasteiger partial charge < -0.3 is 15.4 Å². The van der Waals surface area contributed by atoms with E-state index in [4.69, 9.17) is 10.5 Å². The zero-order valence-electron chi connectivity index (χ0n) is 11.9. The highest BCUT2D eigenvalue weighted by molar-refractivity contribution is 5.85. The number of hydrogen-bond acceptors (Lipinski definition) is 3. The van der Waals surface area contributed by atoms with Crippen LogP contribution in [0.3, 0.4) is 0 Å². The maximum Gasteiger partial charge on any atom is 0.230 e. The number of carbonyl (C=O) groups excluding carboxylic acids is 1. The van der Waals surface area contributed by atoms with Crippen LogP contribution < -0.4 is 5.73 Å². The predicted molar refractivity (Wildman–Crippen MR) is 78.4 cm³/mol. The van der Waals surface area contributed by atoms with Crippen LogP contribution in [0.15, 0.2) is 0 Å². The van der Waals surface area contributed by atoms with Crippen molar-refractivity contribution < 1.29 is 9.53 Å². The Labute approximate surface area is 122 Å². The smallest absolute Gasteiger partial charge is 0.230 e. The van der Waals surface area contributed by atoms with Gasteiger partial charge in [-0.3, -0.25) is 4.79 Å². The monoisotopic (exact) mass is 290 g/mol. The van der Waals surface area contributed by atoms with E-state index in [-0.39, 0.29) is 17.8 Å². The zero-order valence-corrected chi connectivity index (χ0v) is 12.7. The summed E-state index contributed by atoms with van der Waals surface area (Å²) >= 11 is 0. The fourth-order valence-electron chi connectivity index (χ4n) is 3.51. The molecule has 1 heterocycles. The first kappa shape index (κ1) is 16.7. The second kappa shape index (κ2) is 7.46. The maximum atomic E-state index is 12.7. The largest absolute Gasteiger partial charge is 0.384 e. The van der Waals surface area contributed by atoms with Gasteiger partial charge in [-0.05, 0) is 31.6 Å². The molecular weight excluding hydrogens is 264 g/mol. The number of halogens is 1. The van der Waals surface area contributed by atoms with Gasteiger partial charge in [0.05, 0.1) is 12.0 Å². The summed E-state index contributed by atoms with van der Waals surface area (Å²) in [5.74, 6) is 0.812. The predicted octanol–water partition coefficient (Wildman–Crippen LogP) is 1.81. The normalized spacial score (nSPS) is 26.0. The number of ether oxygens (including phenoxy) is 1. The van der Waals surface area contributed by atoms with Gasteiger partial charge in [-0.2, -0.15) is 0 Å². The van der Waals surface area contributed by atoms with Crippen molar-refractivity contribution in [2.75, 3.05) is 33.4 Å². The van der Waals surface area contributed by atoms with Crippen molar-refractivity contribution in [2.24, 2.45) is 17.1 Å². The van der Waals surface area contributed by atoms with Gasteiger partial charge in [0.1, 0.15) is 0 Å². The molecule has 1 saturated heterocycles. The fraction of sp³-hybridized carbons (Fsp3) is 0.929. The summed E-state index contributed by atoms with van der Waals surface area (Å²) in [5.41, 5.74) is 5.66. The molecule has 19 heavy (non-hydrogen) atoms. The number of piperidine rings is 1. The van der Waals surface area contributed by atoms with E-state index in [1.807, 2.05) is 4.90 Å². The molecule has 0 aromatic heterocycles. The van der Waals surface area contributed by atoms with Gasteiger partial charge in [0.25, 0.3) is 0 Å². The third kappa shape index (κ3) is 3.61. The maximum absolute atomic E-state index is 12.7. The Hall–Kier alpha value is -0.320. The Morgan fingerprint density at radius 2 is 2.05 bits per heavy atom. The molecule has 1 amide bonds. The molecule has 0 aromatic rings. The van der Waals surface area contributed by atoms with Gasteiger partial charge in [-0.1, -0.05) is 12.8 Å².